The van der Waals surface area contributed by atoms with Crippen molar-refractivity contribution in [3.8, 4) is 0 Å². The van der Waals surface area contributed by atoms with Crippen LogP contribution in [0.25, 0.3) is 10.9 Å². The van der Waals surface area contributed by atoms with E-state index >= 15 is 0 Å². The molecule has 7 nitrogen and oxygen atoms in total. The number of aromatic nitrogens is 2. The second-order valence-electron chi connectivity index (χ2n) is 7.17. The van der Waals surface area contributed by atoms with Gasteiger partial charge in [0, 0.05) is 65.5 Å². The maximum Gasteiger partial charge on any atom is 0.269 e. The first-order valence-corrected chi connectivity index (χ1v) is 10.1. The molecule has 0 radical (unpaired) electrons. The molecule has 0 spiro atoms. The van der Waals surface area contributed by atoms with E-state index in [2.05, 4.69) is 15.3 Å². The maximum absolute atomic E-state index is 12.8. The van der Waals surface area contributed by atoms with E-state index in [9.17, 15) is 14.9 Å². The van der Waals surface area contributed by atoms with Gasteiger partial charge in [-0.25, -0.2) is 0 Å². The van der Waals surface area contributed by atoms with Gasteiger partial charge in [-0.15, -0.1) is 0 Å². The number of fused-ring (bicyclic) bond motifs is 1. The third-order valence-electron chi connectivity index (χ3n) is 5.16. The molecule has 4 rings (SSSR count). The molecule has 31 heavy (non-hydrogen) atoms. The van der Waals surface area contributed by atoms with Gasteiger partial charge in [0.2, 0.25) is 5.91 Å². The minimum Gasteiger partial charge on any atom is -0.361 e. The lowest BCUT2D eigenvalue weighted by Crippen LogP contribution is -2.25. The number of nitro benzene ring substituents is 1. The van der Waals surface area contributed by atoms with Gasteiger partial charge in [-0.2, -0.15) is 0 Å². The summed E-state index contributed by atoms with van der Waals surface area (Å²) in [5, 5.41) is 15.7. The SMILES string of the molecule is O=C(C[C@@H](c1cccc([N+](=O)[O-])c1)c1c[nH]c2ccc(Cl)cc12)NCc1ccncc1. The van der Waals surface area contributed by atoms with Crippen molar-refractivity contribution in [2.45, 2.75) is 18.9 Å². The molecule has 0 aliphatic carbocycles. The zero-order valence-electron chi connectivity index (χ0n) is 16.4. The van der Waals surface area contributed by atoms with Crippen molar-refractivity contribution in [3.05, 3.63) is 105 Å². The molecule has 0 saturated carbocycles. The summed E-state index contributed by atoms with van der Waals surface area (Å²) >= 11 is 6.20. The summed E-state index contributed by atoms with van der Waals surface area (Å²) in [4.78, 5) is 30.9. The van der Waals surface area contributed by atoms with E-state index in [1.807, 2.05) is 30.5 Å². The topological polar surface area (TPSA) is 101 Å². The molecule has 2 N–H and O–H groups in total. The molecule has 156 valence electrons. The molecule has 1 amide bonds. The molecule has 2 aromatic heterocycles. The molecule has 0 aliphatic heterocycles. The minimum atomic E-state index is -0.434. The molecule has 8 heteroatoms. The van der Waals surface area contributed by atoms with Crippen LogP contribution in [0.5, 0.6) is 0 Å². The Kier molecular flexibility index (Phi) is 5.95. The van der Waals surface area contributed by atoms with Gasteiger partial charge < -0.3 is 10.3 Å². The van der Waals surface area contributed by atoms with Crippen LogP contribution in [0.4, 0.5) is 5.69 Å². The first kappa shape index (κ1) is 20.6. The van der Waals surface area contributed by atoms with E-state index < -0.39 is 4.92 Å². The number of rotatable bonds is 7. The van der Waals surface area contributed by atoms with E-state index in [-0.39, 0.29) is 23.9 Å². The van der Waals surface area contributed by atoms with Crippen LogP contribution < -0.4 is 5.32 Å². The molecule has 0 saturated heterocycles. The number of benzene rings is 2. The number of amides is 1. The second-order valence-corrected chi connectivity index (χ2v) is 7.61. The van der Waals surface area contributed by atoms with Crippen LogP contribution in [0.15, 0.2) is 73.2 Å². The maximum atomic E-state index is 12.8. The Morgan fingerprint density at radius 3 is 2.74 bits per heavy atom. The van der Waals surface area contributed by atoms with Crippen molar-refractivity contribution in [1.82, 2.24) is 15.3 Å². The van der Waals surface area contributed by atoms with Crippen molar-refractivity contribution in [2.75, 3.05) is 0 Å². The summed E-state index contributed by atoms with van der Waals surface area (Å²) in [5.74, 6) is -0.547. The summed E-state index contributed by atoms with van der Waals surface area (Å²) in [6.07, 6.45) is 5.30. The van der Waals surface area contributed by atoms with E-state index in [0.717, 1.165) is 22.0 Å². The van der Waals surface area contributed by atoms with Crippen LogP contribution in [0.1, 0.15) is 29.0 Å². The number of nitro groups is 1. The molecule has 4 aromatic rings. The fraction of sp³-hybridized carbons (Fsp3) is 0.130. The number of carbonyl (C=O) groups excluding carboxylic acids is 1. The molecule has 2 heterocycles. The van der Waals surface area contributed by atoms with Crippen molar-refractivity contribution in [1.29, 1.82) is 0 Å². The predicted octanol–water partition coefficient (Wildman–Crippen LogP) is 4.96. The van der Waals surface area contributed by atoms with Gasteiger partial charge in [0.1, 0.15) is 0 Å². The third kappa shape index (κ3) is 4.73. The number of hydrogen-bond acceptors (Lipinski definition) is 4. The van der Waals surface area contributed by atoms with Gasteiger partial charge in [-0.3, -0.25) is 19.9 Å². The number of aromatic amines is 1. The number of carbonyl (C=O) groups is 1. The first-order valence-electron chi connectivity index (χ1n) is 9.68. The fourth-order valence-electron chi connectivity index (χ4n) is 3.62. The summed E-state index contributed by atoms with van der Waals surface area (Å²) in [6, 6.07) is 15.6. The lowest BCUT2D eigenvalue weighted by molar-refractivity contribution is -0.384. The van der Waals surface area contributed by atoms with Crippen LogP contribution in [0.2, 0.25) is 5.02 Å². The van der Waals surface area contributed by atoms with Crippen LogP contribution in [0.3, 0.4) is 0 Å². The molecule has 0 fully saturated rings. The van der Waals surface area contributed by atoms with Crippen LogP contribution in [-0.2, 0) is 11.3 Å². The molecular formula is C23H19ClN4O3. The first-order chi connectivity index (χ1) is 15.0. The largest absolute Gasteiger partial charge is 0.361 e. The molecule has 2 aromatic carbocycles. The van der Waals surface area contributed by atoms with Crippen molar-refractivity contribution in [2.24, 2.45) is 0 Å². The Balaban J connectivity index is 1.67. The van der Waals surface area contributed by atoms with E-state index in [4.69, 9.17) is 11.6 Å². The zero-order chi connectivity index (χ0) is 21.8. The Labute approximate surface area is 183 Å². The number of hydrogen-bond donors (Lipinski definition) is 2. The highest BCUT2D eigenvalue weighted by molar-refractivity contribution is 6.31. The lowest BCUT2D eigenvalue weighted by Gasteiger charge is -2.17. The number of nitrogens with zero attached hydrogens (tertiary/aromatic N) is 2. The van der Waals surface area contributed by atoms with Gasteiger partial charge in [-0.1, -0.05) is 23.7 Å². The number of non-ortho nitro benzene ring substituents is 1. The Hall–Kier alpha value is -3.71. The lowest BCUT2D eigenvalue weighted by atomic mass is 9.87. The predicted molar refractivity (Wildman–Crippen MR) is 119 cm³/mol. The van der Waals surface area contributed by atoms with E-state index in [0.29, 0.717) is 17.1 Å². The molecule has 0 aliphatic rings. The van der Waals surface area contributed by atoms with Crippen molar-refractivity contribution >= 4 is 34.1 Å². The van der Waals surface area contributed by atoms with Crippen molar-refractivity contribution in [3.63, 3.8) is 0 Å². The third-order valence-corrected chi connectivity index (χ3v) is 5.40. The minimum absolute atomic E-state index is 0.0161. The normalized spacial score (nSPS) is 11.9. The van der Waals surface area contributed by atoms with Crippen LogP contribution >= 0.6 is 11.6 Å². The highest BCUT2D eigenvalue weighted by atomic mass is 35.5. The van der Waals surface area contributed by atoms with Gasteiger partial charge >= 0.3 is 0 Å². The molecular weight excluding hydrogens is 416 g/mol. The van der Waals surface area contributed by atoms with Crippen LogP contribution in [0, 0.1) is 10.1 Å². The van der Waals surface area contributed by atoms with Gasteiger partial charge in [-0.05, 0) is 47.0 Å². The Bertz CT molecular complexity index is 1240. The number of H-pyrrole nitrogens is 1. The Morgan fingerprint density at radius 2 is 1.97 bits per heavy atom. The van der Waals surface area contributed by atoms with Gasteiger partial charge in [0.25, 0.3) is 5.69 Å². The Morgan fingerprint density at radius 1 is 1.16 bits per heavy atom. The summed E-state index contributed by atoms with van der Waals surface area (Å²) in [6.45, 7) is 0.378. The second kappa shape index (κ2) is 8.97. The van der Waals surface area contributed by atoms with E-state index in [1.165, 1.54) is 12.1 Å². The quantitative estimate of drug-likeness (QED) is 0.317. The van der Waals surface area contributed by atoms with Gasteiger partial charge in [0.15, 0.2) is 0 Å². The molecule has 1 atom stereocenters. The van der Waals surface area contributed by atoms with Gasteiger partial charge in [0.05, 0.1) is 4.92 Å². The smallest absolute Gasteiger partial charge is 0.269 e. The molecule has 0 bridgehead atoms. The van der Waals surface area contributed by atoms with E-state index in [1.54, 1.807) is 30.6 Å². The number of pyridine rings is 1. The molecule has 0 unspecified atom stereocenters. The zero-order valence-corrected chi connectivity index (χ0v) is 17.2. The summed E-state index contributed by atoms with van der Waals surface area (Å²) in [5.41, 5.74) is 3.35. The standard InChI is InChI=1S/C23H19ClN4O3/c24-17-4-5-22-20(11-17)21(14-26-22)19(16-2-1-3-18(10-16)28(30)31)12-23(29)27-13-15-6-8-25-9-7-15/h1-11,14,19,26H,12-13H2,(H,27,29)/t19-/m0/s1. The average Bonchev–Trinajstić information content (AvgIpc) is 3.19. The number of nitrogens with one attached hydrogen (secondary N) is 2. The average molecular weight is 435 g/mol. The summed E-state index contributed by atoms with van der Waals surface area (Å²) in [7, 11) is 0. The van der Waals surface area contributed by atoms with Crippen molar-refractivity contribution < 1.29 is 9.72 Å². The highest BCUT2D eigenvalue weighted by Crippen LogP contribution is 2.35. The summed E-state index contributed by atoms with van der Waals surface area (Å²) < 4.78 is 0. The highest BCUT2D eigenvalue weighted by Gasteiger charge is 2.23. The fourth-order valence-corrected chi connectivity index (χ4v) is 3.80. The number of halogens is 1. The monoisotopic (exact) mass is 434 g/mol. The van der Waals surface area contributed by atoms with Crippen LogP contribution in [-0.4, -0.2) is 20.8 Å².